The first-order valence-electron chi connectivity index (χ1n) is 9.69. The average molecular weight is 606 g/mol. The van der Waals surface area contributed by atoms with Crippen LogP contribution in [0, 0.1) is 0 Å². The van der Waals surface area contributed by atoms with E-state index in [1.807, 2.05) is 6.07 Å². The lowest BCUT2D eigenvalue weighted by atomic mass is 9.94. The normalized spacial score (nSPS) is 23.8. The maximum atomic E-state index is 13.4. The molecule has 0 amide bonds. The van der Waals surface area contributed by atoms with Gasteiger partial charge >= 0.3 is 6.18 Å². The molecule has 0 saturated carbocycles. The number of hydrogen-bond acceptors (Lipinski definition) is 5. The van der Waals surface area contributed by atoms with Crippen molar-refractivity contribution in [2.24, 2.45) is 0 Å². The molecule has 1 fully saturated rings. The van der Waals surface area contributed by atoms with Crippen molar-refractivity contribution in [2.75, 3.05) is 13.7 Å². The molecule has 178 valence electrons. The fourth-order valence-electron chi connectivity index (χ4n) is 3.59. The molecule has 2 heterocycles. The van der Waals surface area contributed by atoms with Crippen molar-refractivity contribution in [3.05, 3.63) is 47.3 Å². The lowest BCUT2D eigenvalue weighted by molar-refractivity contribution is -0.137. The Morgan fingerprint density at radius 1 is 1.44 bits per heavy atom. The van der Waals surface area contributed by atoms with Crippen LogP contribution >= 0.6 is 34.4 Å². The van der Waals surface area contributed by atoms with Gasteiger partial charge in [0.15, 0.2) is 3.51 Å². The Bertz CT molecular complexity index is 957. The highest BCUT2D eigenvalue weighted by molar-refractivity contribution is 14.1. The van der Waals surface area contributed by atoms with E-state index in [1.165, 1.54) is 19.2 Å². The molecule has 0 spiro atoms. The van der Waals surface area contributed by atoms with Gasteiger partial charge in [0, 0.05) is 24.4 Å². The quantitative estimate of drug-likeness (QED) is 0.215. The van der Waals surface area contributed by atoms with Crippen molar-refractivity contribution in [1.29, 1.82) is 0 Å². The average Bonchev–Trinajstić information content (AvgIpc) is 3.14. The van der Waals surface area contributed by atoms with E-state index in [0.29, 0.717) is 36.6 Å². The minimum Gasteiger partial charge on any atom is -0.372 e. The number of thioether (sulfide) groups is 1. The molecule has 4 atom stereocenters. The van der Waals surface area contributed by atoms with E-state index >= 15 is 0 Å². The molecule has 1 aromatic heterocycles. The summed E-state index contributed by atoms with van der Waals surface area (Å²) in [5, 5.41) is 4.46. The molecular formula is C20H23F4IN2O3S2. The van der Waals surface area contributed by atoms with E-state index in [9.17, 15) is 21.8 Å². The molecule has 1 aliphatic rings. The number of alkyl halides is 5. The van der Waals surface area contributed by atoms with Crippen LogP contribution in [0.15, 0.2) is 35.2 Å². The number of halogens is 5. The molecule has 0 radical (unpaired) electrons. The van der Waals surface area contributed by atoms with Gasteiger partial charge in [0.05, 0.1) is 32.5 Å². The number of benzene rings is 1. The van der Waals surface area contributed by atoms with E-state index in [0.717, 1.165) is 23.9 Å². The van der Waals surface area contributed by atoms with Crippen molar-refractivity contribution in [3.8, 4) is 0 Å². The van der Waals surface area contributed by atoms with Crippen LogP contribution in [0.2, 0.25) is 0 Å². The fraction of sp³-hybridized carbons (Fsp3) is 0.550. The fourth-order valence-corrected chi connectivity index (χ4v) is 6.15. The van der Waals surface area contributed by atoms with E-state index in [2.05, 4.69) is 5.10 Å². The molecule has 2 aromatic rings. The molecule has 1 aromatic carbocycles. The maximum Gasteiger partial charge on any atom is 0.416 e. The molecule has 1 aliphatic heterocycles. The Kier molecular flexibility index (Phi) is 8.67. The Morgan fingerprint density at radius 3 is 2.84 bits per heavy atom. The predicted octanol–water partition coefficient (Wildman–Crippen LogP) is 5.85. The van der Waals surface area contributed by atoms with Crippen LogP contribution in [-0.2, 0) is 38.9 Å². The molecule has 12 heteroatoms. The molecule has 1 saturated heterocycles. The number of rotatable bonds is 8. The van der Waals surface area contributed by atoms with Gasteiger partial charge in [-0.25, -0.2) is 9.07 Å². The van der Waals surface area contributed by atoms with Crippen molar-refractivity contribution < 1.29 is 31.2 Å². The third-order valence-electron chi connectivity index (χ3n) is 5.19. The van der Waals surface area contributed by atoms with Crippen LogP contribution in [0.5, 0.6) is 0 Å². The largest absolute Gasteiger partial charge is 0.416 e. The molecule has 5 nitrogen and oxygen atoms in total. The van der Waals surface area contributed by atoms with Crippen LogP contribution < -0.4 is 0 Å². The van der Waals surface area contributed by atoms with Crippen LogP contribution in [0.3, 0.4) is 0 Å². The zero-order valence-corrected chi connectivity index (χ0v) is 21.2. The van der Waals surface area contributed by atoms with Gasteiger partial charge in [-0.15, -0.1) is 11.8 Å². The third-order valence-corrected chi connectivity index (χ3v) is 8.93. The van der Waals surface area contributed by atoms with Gasteiger partial charge < -0.3 is 9.47 Å². The maximum absolute atomic E-state index is 13.4. The minimum atomic E-state index is -4.50. The SMILES string of the molecule is COCn1nc(CSC(F)I)cc1C1CC(C)(S(=O)c2cccc(C(F)(F)F)c2)CCO1. The number of aromatic nitrogens is 2. The topological polar surface area (TPSA) is 53.4 Å². The summed E-state index contributed by atoms with van der Waals surface area (Å²) in [5.41, 5.74) is 0.548. The van der Waals surface area contributed by atoms with Crippen molar-refractivity contribution in [1.82, 2.24) is 9.78 Å². The van der Waals surface area contributed by atoms with Gasteiger partial charge in [0.2, 0.25) is 0 Å². The summed E-state index contributed by atoms with van der Waals surface area (Å²) in [5.74, 6) is 0.369. The van der Waals surface area contributed by atoms with Gasteiger partial charge in [0.1, 0.15) is 12.8 Å². The van der Waals surface area contributed by atoms with E-state index < -0.39 is 36.9 Å². The highest BCUT2D eigenvalue weighted by Gasteiger charge is 2.41. The number of nitrogens with zero attached hydrogens (tertiary/aromatic N) is 2. The van der Waals surface area contributed by atoms with Crippen LogP contribution in [0.25, 0.3) is 0 Å². The lowest BCUT2D eigenvalue weighted by Crippen LogP contribution is -2.39. The standard InChI is InChI=1S/C20H23F4IN2O3S2/c1-19(32(28)15-5-3-4-13(8-15)20(22,23)24)6-7-30-17(10-19)16-9-14(11-31-18(21)25)26-27(16)12-29-2/h3-5,8-9,17-18H,6-7,10-12H2,1-2H3. The van der Waals surface area contributed by atoms with E-state index in [-0.39, 0.29) is 11.6 Å². The van der Waals surface area contributed by atoms with Crippen molar-refractivity contribution in [3.63, 3.8) is 0 Å². The summed E-state index contributed by atoms with van der Waals surface area (Å²) in [7, 11) is -0.159. The zero-order chi connectivity index (χ0) is 23.5. The first-order valence-corrected chi connectivity index (χ1v) is 13.1. The number of ether oxygens (including phenoxy) is 2. The first kappa shape index (κ1) is 25.9. The lowest BCUT2D eigenvalue weighted by Gasteiger charge is -2.37. The van der Waals surface area contributed by atoms with Crippen molar-refractivity contribution >= 4 is 45.2 Å². The molecule has 0 aliphatic carbocycles. The van der Waals surface area contributed by atoms with E-state index in [1.54, 1.807) is 34.2 Å². The highest BCUT2D eigenvalue weighted by Crippen LogP contribution is 2.41. The van der Waals surface area contributed by atoms with Crippen molar-refractivity contribution in [2.45, 2.75) is 57.7 Å². The molecule has 32 heavy (non-hydrogen) atoms. The molecule has 0 N–H and O–H groups in total. The van der Waals surface area contributed by atoms with Gasteiger partial charge in [0.25, 0.3) is 0 Å². The molecule has 3 rings (SSSR count). The highest BCUT2D eigenvalue weighted by atomic mass is 127. The van der Waals surface area contributed by atoms with Gasteiger partial charge in [-0.05, 0) is 66.6 Å². The zero-order valence-electron chi connectivity index (χ0n) is 17.4. The second-order valence-corrected chi connectivity index (χ2v) is 12.6. The number of methoxy groups -OCH3 is 1. The Hall–Kier alpha value is -0.700. The summed E-state index contributed by atoms with van der Waals surface area (Å²) in [4.78, 5) is 0.140. The predicted molar refractivity (Wildman–Crippen MR) is 124 cm³/mol. The summed E-state index contributed by atoms with van der Waals surface area (Å²) >= 11 is 2.78. The van der Waals surface area contributed by atoms with Gasteiger partial charge in [-0.1, -0.05) is 6.07 Å². The monoisotopic (exact) mass is 606 g/mol. The van der Waals surface area contributed by atoms with Crippen LogP contribution in [0.1, 0.15) is 42.8 Å². The summed E-state index contributed by atoms with van der Waals surface area (Å²) in [6, 6.07) is 6.47. The Labute approximate surface area is 204 Å². The second kappa shape index (κ2) is 10.7. The summed E-state index contributed by atoms with van der Waals surface area (Å²) < 4.78 is 76.8. The molecule has 0 bridgehead atoms. The number of hydrogen-bond donors (Lipinski definition) is 0. The molecular weight excluding hydrogens is 583 g/mol. The van der Waals surface area contributed by atoms with Crippen LogP contribution in [0.4, 0.5) is 17.6 Å². The Morgan fingerprint density at radius 2 is 2.19 bits per heavy atom. The smallest absolute Gasteiger partial charge is 0.372 e. The first-order chi connectivity index (χ1) is 15.0. The molecule has 4 unspecified atom stereocenters. The summed E-state index contributed by atoms with van der Waals surface area (Å²) in [6.07, 6.45) is -4.20. The van der Waals surface area contributed by atoms with Crippen LogP contribution in [-0.4, -0.2) is 36.0 Å². The van der Waals surface area contributed by atoms with E-state index in [4.69, 9.17) is 9.47 Å². The summed E-state index contributed by atoms with van der Waals surface area (Å²) in [6.45, 7) is 2.27. The van der Waals surface area contributed by atoms with Gasteiger partial charge in [-0.3, -0.25) is 4.21 Å². The third kappa shape index (κ3) is 6.24. The Balaban J connectivity index is 1.85. The van der Waals surface area contributed by atoms with Gasteiger partial charge in [-0.2, -0.15) is 18.3 Å². The minimum absolute atomic E-state index is 0.140. The second-order valence-electron chi connectivity index (χ2n) is 7.61.